The van der Waals surface area contributed by atoms with Gasteiger partial charge in [-0.15, -0.1) is 0 Å². The molecule has 9 rings (SSSR count). The Morgan fingerprint density at radius 2 is 1.32 bits per heavy atom. The third-order valence-electron chi connectivity index (χ3n) is 11.4. The normalized spacial score (nSPS) is 13.0. The van der Waals surface area contributed by atoms with Gasteiger partial charge in [0.1, 0.15) is 0 Å². The van der Waals surface area contributed by atoms with Crippen LogP contribution in [-0.2, 0) is 12.4 Å². The van der Waals surface area contributed by atoms with Gasteiger partial charge in [0.2, 0.25) is 6.33 Å². The van der Waals surface area contributed by atoms with Crippen molar-refractivity contribution in [3.8, 4) is 23.0 Å². The van der Waals surface area contributed by atoms with Crippen molar-refractivity contribution in [1.29, 1.82) is 0 Å². The minimum absolute atomic E-state index is 0.0664. The maximum absolute atomic E-state index is 8.13. The second kappa shape index (κ2) is 14.9. The van der Waals surface area contributed by atoms with E-state index in [-0.39, 0.29) is 5.41 Å². The van der Waals surface area contributed by atoms with Crippen LogP contribution in [0.5, 0.6) is 11.5 Å². The predicted octanol–water partition coefficient (Wildman–Crippen LogP) is 10.2. The number of imidazole rings is 1. The fourth-order valence-electron chi connectivity index (χ4n) is 8.93. The molecule has 0 aliphatic rings. The van der Waals surface area contributed by atoms with Crippen molar-refractivity contribution in [3.63, 3.8) is 0 Å². The first-order valence-electron chi connectivity index (χ1n) is 21.7. The van der Waals surface area contributed by atoms with Gasteiger partial charge >= 0.3 is 305 Å². The second-order valence-corrected chi connectivity index (χ2v) is 25.1. The van der Waals surface area contributed by atoms with E-state index in [9.17, 15) is 0 Å². The first-order valence-corrected chi connectivity index (χ1v) is 25.4. The van der Waals surface area contributed by atoms with Gasteiger partial charge in [-0.25, -0.2) is 0 Å². The van der Waals surface area contributed by atoms with E-state index in [0.717, 1.165) is 33.4 Å². The molecule has 0 unspecified atom stereocenters. The van der Waals surface area contributed by atoms with Crippen molar-refractivity contribution in [3.05, 3.63) is 173 Å². The standard InChI is InChI=1S/C35H29N4O.2C9H11.Bi/c1-35(2,3)24-18-19-36-34(20-24)39-30-13-6-5-12-28(30)29-17-16-27(22-33(29)39)40-26-11-9-10-25(21-26)38-23-37(4)31-14-7-8-15-32(31)38;2*1-7-4-8(2)6-9(3)5-7;/h6-22H,1-4H3;2*4-5H,1-3H3;/i4D3;;;. The molecule has 294 valence electrons. The third kappa shape index (κ3) is 7.06. The number of para-hydroxylation sites is 2. The molecule has 0 spiro atoms. The minimum Gasteiger partial charge on any atom is -0.0688 e. The predicted molar refractivity (Wildman–Crippen MR) is 247 cm³/mol. The molecule has 6 aromatic carbocycles. The number of fused-ring (bicyclic) bond motifs is 4. The molecule has 0 saturated heterocycles. The van der Waals surface area contributed by atoms with Crippen LogP contribution in [0.1, 0.15) is 63.8 Å². The molecule has 3 aromatic heterocycles. The van der Waals surface area contributed by atoms with Crippen molar-refractivity contribution < 1.29 is 13.4 Å². The van der Waals surface area contributed by atoms with Crippen LogP contribution < -0.4 is 19.1 Å². The molecule has 6 heteroatoms. The molecule has 0 saturated carbocycles. The number of rotatable bonds is 7. The molecule has 0 N–H and O–H groups in total. The zero-order valence-corrected chi connectivity index (χ0v) is 38.7. The second-order valence-electron chi connectivity index (χ2n) is 17.1. The SMILES string of the molecule is [2H]C([2H])([2H])[n+]1[c-]n(-c2cccc(Oc3ccc4c5c[c]([Bi]([c]6c(C)cc(C)cc6C)[c]6c(C)cc(C)cc6C)ccc5n(-c5cc(C(C)(C)C)ccn5)c4c3)c2)c2ccccc21. The van der Waals surface area contributed by atoms with Crippen molar-refractivity contribution in [2.75, 3.05) is 0 Å². The van der Waals surface area contributed by atoms with E-state index in [0.29, 0.717) is 17.0 Å². The van der Waals surface area contributed by atoms with Crippen LogP contribution in [0.15, 0.2) is 128 Å². The molecule has 3 heterocycles. The summed E-state index contributed by atoms with van der Waals surface area (Å²) in [4.78, 5) is 5.00. The van der Waals surface area contributed by atoms with Gasteiger partial charge in [0.05, 0.1) is 22.1 Å². The molecule has 59 heavy (non-hydrogen) atoms. The van der Waals surface area contributed by atoms with Crippen LogP contribution >= 0.6 is 0 Å². The molecule has 0 aliphatic carbocycles. The summed E-state index contributed by atoms with van der Waals surface area (Å²) in [6.07, 6.45) is 5.00. The van der Waals surface area contributed by atoms with E-state index in [1.54, 1.807) is 17.2 Å². The summed E-state index contributed by atoms with van der Waals surface area (Å²) in [5, 5.41) is 2.32. The zero-order chi connectivity index (χ0) is 43.8. The van der Waals surface area contributed by atoms with Crippen molar-refractivity contribution in [2.45, 2.75) is 67.7 Å². The smallest absolute Gasteiger partial charge is 0.0590 e. The summed E-state index contributed by atoms with van der Waals surface area (Å²) in [5.41, 5.74) is 13.4. The largest absolute Gasteiger partial charge is 0.0688 e. The van der Waals surface area contributed by atoms with Crippen LogP contribution in [0.4, 0.5) is 0 Å². The Kier molecular flexibility index (Phi) is 8.94. The number of benzene rings is 6. The average molecular weight is 972 g/mol. The van der Waals surface area contributed by atoms with Gasteiger partial charge in [-0.05, 0) is 0 Å². The first kappa shape index (κ1) is 35.4. The number of aryl methyl sites for hydroxylation is 7. The number of pyridine rings is 1. The van der Waals surface area contributed by atoms with E-state index in [2.05, 4.69) is 140 Å². The molecule has 0 amide bonds. The Morgan fingerprint density at radius 1 is 0.644 bits per heavy atom. The van der Waals surface area contributed by atoms with Gasteiger partial charge in [0.25, 0.3) is 0 Å². The molecule has 0 radical (unpaired) electrons. The number of aromatic nitrogens is 4. The maximum atomic E-state index is 8.13. The van der Waals surface area contributed by atoms with E-state index >= 15 is 0 Å². The van der Waals surface area contributed by atoms with Gasteiger partial charge in [-0.1, -0.05) is 24.3 Å². The van der Waals surface area contributed by atoms with Crippen LogP contribution in [0.25, 0.3) is 44.3 Å². The van der Waals surface area contributed by atoms with E-state index in [1.165, 1.54) is 52.2 Å². The average Bonchev–Trinajstić information content (AvgIpc) is 3.76. The third-order valence-corrected chi connectivity index (χ3v) is 23.5. The Morgan fingerprint density at radius 3 is 2.00 bits per heavy atom. The summed E-state index contributed by atoms with van der Waals surface area (Å²) < 4.78 is 40.9. The fourth-order valence-corrected chi connectivity index (χ4v) is 20.2. The Balaban J connectivity index is 1.22. The van der Waals surface area contributed by atoms with Crippen LogP contribution in [-0.4, -0.2) is 35.9 Å². The molecular formula is C53H51BiN4O. The number of hydrogen-bond donors (Lipinski definition) is 0. The molecule has 5 nitrogen and oxygen atoms in total. The Bertz CT molecular complexity index is 3120. The van der Waals surface area contributed by atoms with Crippen LogP contribution in [0.2, 0.25) is 0 Å². The number of hydrogen-bond acceptors (Lipinski definition) is 2. The molecule has 9 aromatic rings. The summed E-state index contributed by atoms with van der Waals surface area (Å²) in [7, 11) is 0. The van der Waals surface area contributed by atoms with Crippen LogP contribution in [0.3, 0.4) is 0 Å². The summed E-state index contributed by atoms with van der Waals surface area (Å²) in [6, 6.07) is 42.5. The molecule has 0 aliphatic heterocycles. The summed E-state index contributed by atoms with van der Waals surface area (Å²) in [5.74, 6) is 2.16. The number of nitrogens with zero attached hydrogens (tertiary/aromatic N) is 4. The monoisotopic (exact) mass is 971 g/mol. The fraction of sp³-hybridized carbons (Fsp3) is 0.208. The minimum atomic E-state index is -2.93. The van der Waals surface area contributed by atoms with E-state index < -0.39 is 28.7 Å². The maximum Gasteiger partial charge on any atom is 0.0590 e. The molecule has 0 fully saturated rings. The topological polar surface area (TPSA) is 35.9 Å². The van der Waals surface area contributed by atoms with Gasteiger partial charge in [0, 0.05) is 0 Å². The van der Waals surface area contributed by atoms with E-state index in [4.69, 9.17) is 13.8 Å². The van der Waals surface area contributed by atoms with Crippen molar-refractivity contribution in [2.24, 2.45) is 6.98 Å². The zero-order valence-electron chi connectivity index (χ0n) is 38.3. The molecular weight excluding hydrogens is 918 g/mol. The van der Waals surface area contributed by atoms with Crippen LogP contribution in [0, 0.1) is 47.9 Å². The Labute approximate surface area is 360 Å². The van der Waals surface area contributed by atoms with E-state index in [1.807, 2.05) is 54.7 Å². The Hall–Kier alpha value is -5.58. The quantitative estimate of drug-likeness (QED) is 0.0907. The van der Waals surface area contributed by atoms with Gasteiger partial charge in [0.15, 0.2) is 0 Å². The van der Waals surface area contributed by atoms with Crippen molar-refractivity contribution in [1.82, 2.24) is 14.1 Å². The summed E-state index contributed by atoms with van der Waals surface area (Å²) in [6.45, 7) is 17.9. The van der Waals surface area contributed by atoms with Gasteiger partial charge in [-0.3, -0.25) is 0 Å². The first-order chi connectivity index (χ1) is 29.5. The molecule has 0 atom stereocenters. The number of ether oxygens (including phenoxy) is 1. The van der Waals surface area contributed by atoms with Gasteiger partial charge < -0.3 is 4.57 Å². The summed E-state index contributed by atoms with van der Waals surface area (Å²) >= 11 is -2.93. The van der Waals surface area contributed by atoms with Crippen molar-refractivity contribution >= 4 is 64.4 Å². The molecule has 0 bridgehead atoms. The van der Waals surface area contributed by atoms with Gasteiger partial charge in [-0.2, -0.15) is 0 Å².